The average molecular weight is 291 g/mol. The van der Waals surface area contributed by atoms with Crippen molar-refractivity contribution in [2.45, 2.75) is 32.4 Å². The molecular formula is C17H25NO3. The molecule has 116 valence electrons. The molecule has 4 unspecified atom stereocenters. The Balaban J connectivity index is 1.85. The van der Waals surface area contributed by atoms with E-state index in [0.29, 0.717) is 24.5 Å². The second-order valence-corrected chi connectivity index (χ2v) is 6.23. The molecule has 0 bridgehead atoms. The molecule has 0 saturated carbocycles. The summed E-state index contributed by atoms with van der Waals surface area (Å²) in [6.07, 6.45) is 1.39. The van der Waals surface area contributed by atoms with Gasteiger partial charge in [-0.2, -0.15) is 0 Å². The second kappa shape index (κ2) is 6.24. The number of fused-ring (bicyclic) bond motifs is 1. The van der Waals surface area contributed by atoms with Gasteiger partial charge in [0.2, 0.25) is 0 Å². The van der Waals surface area contributed by atoms with Crippen LogP contribution in [0.25, 0.3) is 0 Å². The van der Waals surface area contributed by atoms with Crippen LogP contribution in [0.3, 0.4) is 0 Å². The summed E-state index contributed by atoms with van der Waals surface area (Å²) < 4.78 is 17.4. The highest BCUT2D eigenvalue weighted by atomic mass is 16.5. The van der Waals surface area contributed by atoms with E-state index in [1.807, 2.05) is 13.1 Å². The van der Waals surface area contributed by atoms with Crippen LogP contribution in [0.1, 0.15) is 31.9 Å². The molecule has 1 N–H and O–H groups in total. The van der Waals surface area contributed by atoms with E-state index in [-0.39, 0.29) is 6.04 Å². The summed E-state index contributed by atoms with van der Waals surface area (Å²) >= 11 is 0. The van der Waals surface area contributed by atoms with E-state index in [9.17, 15) is 0 Å². The molecule has 4 nitrogen and oxygen atoms in total. The number of nitrogens with one attached hydrogen (secondary N) is 1. The Bertz CT molecular complexity index is 491. The van der Waals surface area contributed by atoms with E-state index in [1.165, 1.54) is 5.56 Å². The maximum atomic E-state index is 5.90. The van der Waals surface area contributed by atoms with Gasteiger partial charge >= 0.3 is 0 Å². The van der Waals surface area contributed by atoms with Crippen molar-refractivity contribution in [2.75, 3.05) is 26.9 Å². The van der Waals surface area contributed by atoms with Gasteiger partial charge < -0.3 is 19.5 Å². The molecule has 1 aromatic rings. The first-order valence-corrected chi connectivity index (χ1v) is 7.87. The van der Waals surface area contributed by atoms with Gasteiger partial charge in [-0.15, -0.1) is 0 Å². The summed E-state index contributed by atoms with van der Waals surface area (Å²) in [6.45, 7) is 6.58. The van der Waals surface area contributed by atoms with E-state index in [2.05, 4.69) is 31.3 Å². The predicted molar refractivity (Wildman–Crippen MR) is 81.9 cm³/mol. The number of ether oxygens (including phenoxy) is 3. The summed E-state index contributed by atoms with van der Waals surface area (Å²) in [5.41, 5.74) is 1.25. The largest absolute Gasteiger partial charge is 0.489 e. The fraction of sp³-hybridized carbons (Fsp3) is 0.647. The molecule has 2 aliphatic rings. The molecule has 0 aromatic heterocycles. The van der Waals surface area contributed by atoms with Gasteiger partial charge in [-0.05, 0) is 38.1 Å². The van der Waals surface area contributed by atoms with Crippen LogP contribution in [0.4, 0.5) is 0 Å². The van der Waals surface area contributed by atoms with Gasteiger partial charge in [0, 0.05) is 24.5 Å². The normalized spacial score (nSPS) is 30.0. The highest BCUT2D eigenvalue weighted by Crippen LogP contribution is 2.38. The zero-order chi connectivity index (χ0) is 14.8. The third-order valence-electron chi connectivity index (χ3n) is 4.55. The van der Waals surface area contributed by atoms with Crippen LogP contribution in [-0.2, 0) is 4.74 Å². The predicted octanol–water partition coefficient (Wildman–Crippen LogP) is 2.78. The summed E-state index contributed by atoms with van der Waals surface area (Å²) in [7, 11) is 2.01. The van der Waals surface area contributed by atoms with Crippen molar-refractivity contribution in [1.29, 1.82) is 0 Å². The third-order valence-corrected chi connectivity index (χ3v) is 4.55. The first-order chi connectivity index (χ1) is 10.2. The lowest BCUT2D eigenvalue weighted by Crippen LogP contribution is -2.29. The van der Waals surface area contributed by atoms with Crippen LogP contribution in [-0.4, -0.2) is 33.0 Å². The fourth-order valence-electron chi connectivity index (χ4n) is 3.28. The van der Waals surface area contributed by atoms with Crippen molar-refractivity contribution < 1.29 is 14.2 Å². The van der Waals surface area contributed by atoms with Crippen LogP contribution in [0.5, 0.6) is 11.5 Å². The van der Waals surface area contributed by atoms with Crippen LogP contribution in [0.15, 0.2) is 18.2 Å². The van der Waals surface area contributed by atoms with Gasteiger partial charge in [0.05, 0.1) is 19.3 Å². The van der Waals surface area contributed by atoms with Gasteiger partial charge in [0.25, 0.3) is 0 Å². The Labute approximate surface area is 126 Å². The summed E-state index contributed by atoms with van der Waals surface area (Å²) in [5.74, 6) is 2.64. The minimum absolute atomic E-state index is 0.289. The lowest BCUT2D eigenvalue weighted by molar-refractivity contribution is 0.0962. The van der Waals surface area contributed by atoms with Gasteiger partial charge in [0.15, 0.2) is 11.5 Å². The maximum absolute atomic E-state index is 5.90. The summed E-state index contributed by atoms with van der Waals surface area (Å²) in [6, 6.07) is 6.59. The molecule has 1 fully saturated rings. The Morgan fingerprint density at radius 3 is 2.57 bits per heavy atom. The smallest absolute Gasteiger partial charge is 0.161 e. The first kappa shape index (κ1) is 14.7. The molecule has 2 heterocycles. The molecular weight excluding hydrogens is 266 g/mol. The number of hydrogen-bond acceptors (Lipinski definition) is 4. The minimum Gasteiger partial charge on any atom is -0.489 e. The van der Waals surface area contributed by atoms with Crippen molar-refractivity contribution in [2.24, 2.45) is 11.8 Å². The van der Waals surface area contributed by atoms with Gasteiger partial charge in [-0.1, -0.05) is 13.0 Å². The second-order valence-electron chi connectivity index (χ2n) is 6.23. The summed E-state index contributed by atoms with van der Waals surface area (Å²) in [4.78, 5) is 0. The molecule has 1 aromatic carbocycles. The molecule has 3 rings (SSSR count). The fourth-order valence-corrected chi connectivity index (χ4v) is 3.28. The van der Waals surface area contributed by atoms with E-state index in [1.54, 1.807) is 0 Å². The van der Waals surface area contributed by atoms with Crippen molar-refractivity contribution in [1.82, 2.24) is 5.32 Å². The Morgan fingerprint density at radius 2 is 1.90 bits per heavy atom. The Kier molecular flexibility index (Phi) is 4.36. The van der Waals surface area contributed by atoms with Gasteiger partial charge in [-0.25, -0.2) is 0 Å². The van der Waals surface area contributed by atoms with E-state index in [4.69, 9.17) is 14.2 Å². The zero-order valence-corrected chi connectivity index (χ0v) is 13.1. The van der Waals surface area contributed by atoms with E-state index >= 15 is 0 Å². The first-order valence-electron chi connectivity index (χ1n) is 7.87. The van der Waals surface area contributed by atoms with Crippen molar-refractivity contribution in [3.63, 3.8) is 0 Å². The molecule has 0 aliphatic carbocycles. The summed E-state index contributed by atoms with van der Waals surface area (Å²) in [5, 5.41) is 3.45. The third kappa shape index (κ3) is 3.01. The number of hydrogen-bond donors (Lipinski definition) is 1. The van der Waals surface area contributed by atoms with Crippen LogP contribution in [0.2, 0.25) is 0 Å². The monoisotopic (exact) mass is 291 g/mol. The molecule has 4 atom stereocenters. The molecule has 21 heavy (non-hydrogen) atoms. The lowest BCUT2D eigenvalue weighted by Gasteiger charge is -2.26. The molecule has 2 aliphatic heterocycles. The number of benzene rings is 1. The molecule has 0 spiro atoms. The molecule has 4 heteroatoms. The molecule has 0 radical (unpaired) electrons. The van der Waals surface area contributed by atoms with Crippen LogP contribution in [0, 0.1) is 11.8 Å². The average Bonchev–Trinajstić information content (AvgIpc) is 2.81. The molecule has 1 saturated heterocycles. The Hall–Kier alpha value is -1.26. The van der Waals surface area contributed by atoms with Crippen LogP contribution >= 0.6 is 0 Å². The van der Waals surface area contributed by atoms with Crippen LogP contribution < -0.4 is 14.8 Å². The van der Waals surface area contributed by atoms with Crippen molar-refractivity contribution in [3.05, 3.63) is 23.8 Å². The Morgan fingerprint density at radius 1 is 1.14 bits per heavy atom. The standard InChI is InChI=1S/C17H25NO3/c1-11-9-20-15-5-4-13(8-16(15)21-10-11)17(18-3)14-6-7-19-12(14)2/h4-5,8,11-12,14,17-18H,6-7,9-10H2,1-3H3. The van der Waals surface area contributed by atoms with E-state index < -0.39 is 0 Å². The van der Waals surface area contributed by atoms with E-state index in [0.717, 1.165) is 31.1 Å². The minimum atomic E-state index is 0.289. The van der Waals surface area contributed by atoms with Gasteiger partial charge in [-0.3, -0.25) is 0 Å². The molecule has 0 amide bonds. The maximum Gasteiger partial charge on any atom is 0.161 e. The van der Waals surface area contributed by atoms with Gasteiger partial charge in [0.1, 0.15) is 0 Å². The van der Waals surface area contributed by atoms with Crippen molar-refractivity contribution >= 4 is 0 Å². The lowest BCUT2D eigenvalue weighted by atomic mass is 9.88. The number of rotatable bonds is 3. The highest BCUT2D eigenvalue weighted by molar-refractivity contribution is 5.44. The highest BCUT2D eigenvalue weighted by Gasteiger charge is 2.32. The topological polar surface area (TPSA) is 39.7 Å². The quantitative estimate of drug-likeness (QED) is 0.929. The SMILES string of the molecule is CNC(c1ccc2c(c1)OCC(C)CO2)C1CCOC1C. The van der Waals surface area contributed by atoms with Crippen molar-refractivity contribution in [3.8, 4) is 11.5 Å². The zero-order valence-electron chi connectivity index (χ0n) is 13.1.